The van der Waals surface area contributed by atoms with Gasteiger partial charge in [-0.2, -0.15) is 0 Å². The third-order valence-electron chi connectivity index (χ3n) is 6.03. The van der Waals surface area contributed by atoms with E-state index in [1.807, 2.05) is 7.05 Å². The predicted molar refractivity (Wildman–Crippen MR) is 88.7 cm³/mol. The maximum absolute atomic E-state index is 4.55. The van der Waals surface area contributed by atoms with E-state index in [4.69, 9.17) is 0 Å². The monoisotopic (exact) mass is 292 g/mol. The Morgan fingerprint density at radius 1 is 1.14 bits per heavy atom. The summed E-state index contributed by atoms with van der Waals surface area (Å²) in [5.74, 6) is 1.14. The Morgan fingerprint density at radius 2 is 1.95 bits per heavy atom. The third-order valence-corrected chi connectivity index (χ3v) is 6.03. The molecule has 0 aromatic carbocycles. The maximum atomic E-state index is 4.55. The zero-order valence-corrected chi connectivity index (χ0v) is 13.9. The molecule has 4 nitrogen and oxygen atoms in total. The molecule has 4 heteroatoms. The standard InChI is InChI=1S/C17H32N4/c1-18-16(19-13-15-7-6-11-20(15)2)21-12-10-17(14-21)8-4-3-5-9-17/h15H,3-14H2,1-2H3,(H,18,19). The van der Waals surface area contributed by atoms with Crippen LogP contribution in [0.15, 0.2) is 4.99 Å². The van der Waals surface area contributed by atoms with E-state index in [2.05, 4.69) is 27.2 Å². The molecule has 0 aromatic rings. The molecule has 1 spiro atoms. The molecular formula is C17H32N4. The minimum Gasteiger partial charge on any atom is -0.355 e. The largest absolute Gasteiger partial charge is 0.355 e. The Balaban J connectivity index is 1.52. The first-order valence-electron chi connectivity index (χ1n) is 8.88. The number of likely N-dealkylation sites (N-methyl/N-ethyl adjacent to an activating group) is 1. The van der Waals surface area contributed by atoms with E-state index in [0.717, 1.165) is 12.5 Å². The fourth-order valence-corrected chi connectivity index (χ4v) is 4.60. The van der Waals surface area contributed by atoms with Gasteiger partial charge >= 0.3 is 0 Å². The number of rotatable bonds is 2. The molecule has 120 valence electrons. The summed E-state index contributed by atoms with van der Waals surface area (Å²) in [5, 5.41) is 3.64. The van der Waals surface area contributed by atoms with E-state index in [1.54, 1.807) is 0 Å². The molecule has 1 unspecified atom stereocenters. The average Bonchev–Trinajstić information content (AvgIpc) is 3.08. The quantitative estimate of drug-likeness (QED) is 0.626. The Labute approximate surface area is 130 Å². The van der Waals surface area contributed by atoms with Gasteiger partial charge in [-0.15, -0.1) is 0 Å². The molecule has 1 N–H and O–H groups in total. The normalized spacial score (nSPS) is 30.3. The van der Waals surface area contributed by atoms with Crippen molar-refractivity contribution in [2.45, 2.75) is 57.4 Å². The van der Waals surface area contributed by atoms with Crippen LogP contribution in [0.2, 0.25) is 0 Å². The molecule has 0 bridgehead atoms. The molecule has 0 radical (unpaired) electrons. The van der Waals surface area contributed by atoms with Gasteiger partial charge in [0, 0.05) is 32.7 Å². The fraction of sp³-hybridized carbons (Fsp3) is 0.941. The van der Waals surface area contributed by atoms with E-state index in [1.165, 1.54) is 71.0 Å². The molecule has 3 rings (SSSR count). The molecular weight excluding hydrogens is 260 g/mol. The zero-order valence-electron chi connectivity index (χ0n) is 13.9. The molecule has 0 amide bonds. The van der Waals surface area contributed by atoms with Crippen LogP contribution in [0.3, 0.4) is 0 Å². The summed E-state index contributed by atoms with van der Waals surface area (Å²) in [6, 6.07) is 0.688. The highest BCUT2D eigenvalue weighted by Crippen LogP contribution is 2.43. The van der Waals surface area contributed by atoms with Crippen molar-refractivity contribution in [3.05, 3.63) is 0 Å². The number of nitrogens with zero attached hydrogens (tertiary/aromatic N) is 3. The van der Waals surface area contributed by atoms with Crippen LogP contribution in [0.4, 0.5) is 0 Å². The summed E-state index contributed by atoms with van der Waals surface area (Å²) in [6.07, 6.45) is 11.2. The lowest BCUT2D eigenvalue weighted by atomic mass is 9.73. The lowest BCUT2D eigenvalue weighted by Crippen LogP contribution is -2.46. The first-order valence-corrected chi connectivity index (χ1v) is 8.88. The molecule has 2 aliphatic heterocycles. The Morgan fingerprint density at radius 3 is 2.62 bits per heavy atom. The van der Waals surface area contributed by atoms with Crippen molar-refractivity contribution in [2.75, 3.05) is 40.3 Å². The van der Waals surface area contributed by atoms with Gasteiger partial charge in [-0.25, -0.2) is 0 Å². The molecule has 1 atom stereocenters. The lowest BCUT2D eigenvalue weighted by Gasteiger charge is -2.34. The van der Waals surface area contributed by atoms with Gasteiger partial charge < -0.3 is 15.1 Å². The number of nitrogens with one attached hydrogen (secondary N) is 1. The van der Waals surface area contributed by atoms with E-state index in [9.17, 15) is 0 Å². The van der Waals surface area contributed by atoms with Crippen molar-refractivity contribution >= 4 is 5.96 Å². The fourth-order valence-electron chi connectivity index (χ4n) is 4.60. The number of aliphatic imine (C=N–C) groups is 1. The zero-order chi connectivity index (χ0) is 14.7. The second-order valence-electron chi connectivity index (χ2n) is 7.44. The minimum absolute atomic E-state index is 0.611. The summed E-state index contributed by atoms with van der Waals surface area (Å²) in [6.45, 7) is 4.72. The molecule has 1 aliphatic carbocycles. The van der Waals surface area contributed by atoms with Crippen LogP contribution in [-0.2, 0) is 0 Å². The summed E-state index contributed by atoms with van der Waals surface area (Å²) < 4.78 is 0. The Hall–Kier alpha value is -0.770. The van der Waals surface area contributed by atoms with Gasteiger partial charge in [0.2, 0.25) is 0 Å². The van der Waals surface area contributed by atoms with E-state index >= 15 is 0 Å². The van der Waals surface area contributed by atoms with Crippen LogP contribution in [0.25, 0.3) is 0 Å². The van der Waals surface area contributed by atoms with E-state index in [0.29, 0.717) is 11.5 Å². The maximum Gasteiger partial charge on any atom is 0.193 e. The molecule has 3 aliphatic rings. The van der Waals surface area contributed by atoms with Crippen molar-refractivity contribution < 1.29 is 0 Å². The number of likely N-dealkylation sites (tertiary alicyclic amines) is 2. The number of guanidine groups is 1. The molecule has 21 heavy (non-hydrogen) atoms. The lowest BCUT2D eigenvalue weighted by molar-refractivity contribution is 0.203. The summed E-state index contributed by atoms with van der Waals surface area (Å²) in [7, 11) is 4.18. The second-order valence-corrected chi connectivity index (χ2v) is 7.44. The van der Waals surface area contributed by atoms with E-state index in [-0.39, 0.29) is 0 Å². The Kier molecular flexibility index (Phi) is 4.72. The molecule has 0 aromatic heterocycles. The average molecular weight is 292 g/mol. The summed E-state index contributed by atoms with van der Waals surface area (Å²) in [4.78, 5) is 9.54. The van der Waals surface area contributed by atoms with Gasteiger partial charge in [0.05, 0.1) is 0 Å². The van der Waals surface area contributed by atoms with Gasteiger partial charge in [-0.1, -0.05) is 19.3 Å². The topological polar surface area (TPSA) is 30.9 Å². The third kappa shape index (κ3) is 3.36. The van der Waals surface area contributed by atoms with Gasteiger partial charge in [-0.3, -0.25) is 4.99 Å². The highest BCUT2D eigenvalue weighted by Gasteiger charge is 2.39. The SMILES string of the molecule is CN=C(NCC1CCCN1C)N1CCC2(CCCCC2)C1. The smallest absolute Gasteiger partial charge is 0.193 e. The second kappa shape index (κ2) is 6.55. The Bertz CT molecular complexity index is 373. The molecule has 3 fully saturated rings. The molecule has 2 saturated heterocycles. The van der Waals surface area contributed by atoms with Crippen molar-refractivity contribution in [3.8, 4) is 0 Å². The molecule has 2 heterocycles. The predicted octanol–water partition coefficient (Wildman–Crippen LogP) is 2.31. The number of hydrogen-bond acceptors (Lipinski definition) is 2. The molecule has 1 saturated carbocycles. The van der Waals surface area contributed by atoms with Gasteiger partial charge in [-0.05, 0) is 51.1 Å². The van der Waals surface area contributed by atoms with Gasteiger partial charge in [0.1, 0.15) is 0 Å². The van der Waals surface area contributed by atoms with Crippen LogP contribution in [-0.4, -0.2) is 62.1 Å². The summed E-state index contributed by atoms with van der Waals surface area (Å²) >= 11 is 0. The first-order chi connectivity index (χ1) is 10.2. The van der Waals surface area contributed by atoms with Crippen molar-refractivity contribution in [2.24, 2.45) is 10.4 Å². The van der Waals surface area contributed by atoms with Crippen LogP contribution in [0.5, 0.6) is 0 Å². The van der Waals surface area contributed by atoms with Crippen molar-refractivity contribution in [1.82, 2.24) is 15.1 Å². The number of hydrogen-bond donors (Lipinski definition) is 1. The van der Waals surface area contributed by atoms with Gasteiger partial charge in [0.15, 0.2) is 5.96 Å². The first kappa shape index (κ1) is 15.1. The summed E-state index contributed by atoms with van der Waals surface area (Å²) in [5.41, 5.74) is 0.611. The van der Waals surface area contributed by atoms with Gasteiger partial charge in [0.25, 0.3) is 0 Å². The van der Waals surface area contributed by atoms with E-state index < -0.39 is 0 Å². The van der Waals surface area contributed by atoms with Crippen LogP contribution >= 0.6 is 0 Å². The van der Waals surface area contributed by atoms with Crippen molar-refractivity contribution in [3.63, 3.8) is 0 Å². The van der Waals surface area contributed by atoms with Crippen LogP contribution in [0.1, 0.15) is 51.4 Å². The van der Waals surface area contributed by atoms with Crippen LogP contribution < -0.4 is 5.32 Å². The highest BCUT2D eigenvalue weighted by atomic mass is 15.3. The van der Waals surface area contributed by atoms with Crippen LogP contribution in [0, 0.1) is 5.41 Å². The highest BCUT2D eigenvalue weighted by molar-refractivity contribution is 5.80. The van der Waals surface area contributed by atoms with Crippen molar-refractivity contribution in [1.29, 1.82) is 0 Å². The minimum atomic E-state index is 0.611.